The topological polar surface area (TPSA) is 72.8 Å². The molecule has 3 rings (SSSR count). The third kappa shape index (κ3) is 5.40. The number of hydrogen-bond acceptors (Lipinski definition) is 5. The number of amides is 1. The van der Waals surface area contributed by atoms with Crippen molar-refractivity contribution in [3.05, 3.63) is 80.7 Å². The highest BCUT2D eigenvalue weighted by molar-refractivity contribution is 7.10. The molecule has 3 N–H and O–H groups in total. The molecule has 2 aromatic heterocycles. The van der Waals surface area contributed by atoms with Crippen molar-refractivity contribution in [3.63, 3.8) is 0 Å². The van der Waals surface area contributed by atoms with Gasteiger partial charge in [-0.25, -0.2) is 4.79 Å². The number of benzene rings is 1. The quantitative estimate of drug-likeness (QED) is 0.359. The van der Waals surface area contributed by atoms with Crippen LogP contribution in [0.2, 0.25) is 0 Å². The average Bonchev–Trinajstić information content (AvgIpc) is 3.38. The van der Waals surface area contributed by atoms with E-state index in [0.717, 1.165) is 17.0 Å². The maximum Gasteiger partial charge on any atom is 0.431 e. The van der Waals surface area contributed by atoms with Crippen molar-refractivity contribution in [2.75, 3.05) is 6.54 Å². The van der Waals surface area contributed by atoms with Gasteiger partial charge in [0, 0.05) is 28.8 Å². The fraction of sp³-hybridized carbons (Fsp3) is 0.250. The van der Waals surface area contributed by atoms with Crippen molar-refractivity contribution in [2.45, 2.75) is 24.9 Å². The Morgan fingerprint density at radius 2 is 1.78 bits per heavy atom. The van der Waals surface area contributed by atoms with Crippen molar-refractivity contribution in [3.8, 4) is 0 Å². The molecule has 27 heavy (non-hydrogen) atoms. The maximum absolute atomic E-state index is 11.5. The van der Waals surface area contributed by atoms with Crippen LogP contribution < -0.4 is 5.32 Å². The van der Waals surface area contributed by atoms with Gasteiger partial charge in [-0.15, -0.1) is 22.7 Å². The summed E-state index contributed by atoms with van der Waals surface area (Å²) < 4.78 is 0. The molecule has 2 heterocycles. The Morgan fingerprint density at radius 3 is 2.41 bits per heavy atom. The summed E-state index contributed by atoms with van der Waals surface area (Å²) in [5, 5.41) is 27.6. The highest BCUT2D eigenvalue weighted by Gasteiger charge is 2.32. The van der Waals surface area contributed by atoms with Crippen LogP contribution in [0, 0.1) is 0 Å². The smallest absolute Gasteiger partial charge is 0.431 e. The highest BCUT2D eigenvalue weighted by atomic mass is 32.1. The summed E-state index contributed by atoms with van der Waals surface area (Å²) in [5.41, 5.74) is 0.989. The largest absolute Gasteiger partial charge is 0.463 e. The molecule has 1 aromatic carbocycles. The van der Waals surface area contributed by atoms with E-state index < -0.39 is 12.1 Å². The number of rotatable bonds is 9. The van der Waals surface area contributed by atoms with E-state index in [-0.39, 0.29) is 5.92 Å². The zero-order chi connectivity index (χ0) is 19.1. The Bertz CT molecular complexity index is 807. The van der Waals surface area contributed by atoms with Gasteiger partial charge in [-0.3, -0.25) is 5.21 Å². The molecule has 3 aromatic rings. The Labute approximate surface area is 166 Å². The lowest BCUT2D eigenvalue weighted by atomic mass is 9.91. The van der Waals surface area contributed by atoms with E-state index in [0.29, 0.717) is 18.0 Å². The van der Waals surface area contributed by atoms with Crippen molar-refractivity contribution >= 4 is 28.8 Å². The first-order valence-corrected chi connectivity index (χ1v) is 10.4. The van der Waals surface area contributed by atoms with Gasteiger partial charge in [-0.2, -0.15) is 5.06 Å². The monoisotopic (exact) mass is 402 g/mol. The van der Waals surface area contributed by atoms with E-state index in [1.165, 1.54) is 4.88 Å². The van der Waals surface area contributed by atoms with E-state index in [4.69, 9.17) is 0 Å². The van der Waals surface area contributed by atoms with Crippen molar-refractivity contribution < 1.29 is 15.1 Å². The van der Waals surface area contributed by atoms with E-state index in [1.54, 1.807) is 22.7 Å². The van der Waals surface area contributed by atoms with Gasteiger partial charge in [0.25, 0.3) is 0 Å². The molecular formula is C20H22N2O3S2. The number of nitrogens with one attached hydrogen (secondary N) is 1. The molecule has 5 nitrogen and oxygen atoms in total. The lowest BCUT2D eigenvalue weighted by molar-refractivity contribution is -0.102. The molecule has 0 aliphatic rings. The van der Waals surface area contributed by atoms with Gasteiger partial charge in [0.05, 0.1) is 6.04 Å². The van der Waals surface area contributed by atoms with Gasteiger partial charge in [-0.1, -0.05) is 42.5 Å². The number of hydrogen-bond donors (Lipinski definition) is 3. The Kier molecular flexibility index (Phi) is 7.00. The first kappa shape index (κ1) is 19.6. The molecule has 0 spiro atoms. The van der Waals surface area contributed by atoms with Crippen molar-refractivity contribution in [2.24, 2.45) is 0 Å². The predicted molar refractivity (Wildman–Crippen MR) is 109 cm³/mol. The zero-order valence-electron chi connectivity index (χ0n) is 14.7. The molecule has 0 saturated heterocycles. The Morgan fingerprint density at radius 1 is 1.04 bits per heavy atom. The second-order valence-electron chi connectivity index (χ2n) is 6.22. The van der Waals surface area contributed by atoms with Gasteiger partial charge < -0.3 is 10.4 Å². The molecule has 2 atom stereocenters. The van der Waals surface area contributed by atoms with Crippen LogP contribution in [0.15, 0.2) is 65.4 Å². The minimum absolute atomic E-state index is 0.161. The lowest BCUT2D eigenvalue weighted by Gasteiger charge is -2.31. The molecule has 0 aliphatic heterocycles. The minimum Gasteiger partial charge on any atom is -0.463 e. The second kappa shape index (κ2) is 9.66. The molecule has 0 radical (unpaired) electrons. The van der Waals surface area contributed by atoms with Gasteiger partial charge in [-0.05, 0) is 34.9 Å². The molecule has 0 unspecified atom stereocenters. The molecule has 1 amide bonds. The first-order valence-electron chi connectivity index (χ1n) is 8.66. The zero-order valence-corrected chi connectivity index (χ0v) is 16.3. The fourth-order valence-corrected chi connectivity index (χ4v) is 4.65. The number of carboxylic acid groups (broad SMARTS) is 1. The SMILES string of the molecule is O=C(O)N(O)[C@@H](Cc1ccccc1)[C@@H](CNCc1cccs1)c1cccs1. The van der Waals surface area contributed by atoms with Crippen LogP contribution in [-0.4, -0.2) is 34.1 Å². The minimum atomic E-state index is -1.34. The summed E-state index contributed by atoms with van der Waals surface area (Å²) in [5.74, 6) is -0.161. The second-order valence-corrected chi connectivity index (χ2v) is 8.23. The summed E-state index contributed by atoms with van der Waals surface area (Å²) in [6.07, 6.45) is -0.900. The van der Waals surface area contributed by atoms with E-state index in [1.807, 2.05) is 59.3 Å². The van der Waals surface area contributed by atoms with Gasteiger partial charge in [0.15, 0.2) is 0 Å². The molecule has 0 aliphatic carbocycles. The maximum atomic E-state index is 11.5. The molecule has 0 bridgehead atoms. The number of hydroxylamine groups is 2. The van der Waals surface area contributed by atoms with Crippen LogP contribution in [-0.2, 0) is 13.0 Å². The standard InChI is InChI=1S/C20H22N2O3S2/c23-20(24)22(25)18(12-15-6-2-1-3-7-15)17(19-9-5-11-27-19)14-21-13-16-8-4-10-26-16/h1-11,17-18,21,25H,12-14H2,(H,23,24)/t17-,18+/m1/s1. The third-order valence-electron chi connectivity index (χ3n) is 4.41. The molecule has 142 valence electrons. The third-order valence-corrected chi connectivity index (χ3v) is 6.30. The first-order chi connectivity index (χ1) is 13.1. The fourth-order valence-electron chi connectivity index (χ4n) is 3.09. The van der Waals surface area contributed by atoms with Crippen LogP contribution in [0.25, 0.3) is 0 Å². The van der Waals surface area contributed by atoms with E-state index >= 15 is 0 Å². The number of carbonyl (C=O) groups is 1. The van der Waals surface area contributed by atoms with Crippen LogP contribution in [0.3, 0.4) is 0 Å². The number of nitrogens with zero attached hydrogens (tertiary/aromatic N) is 1. The average molecular weight is 403 g/mol. The van der Waals surface area contributed by atoms with E-state index in [9.17, 15) is 15.1 Å². The molecule has 0 fully saturated rings. The summed E-state index contributed by atoms with van der Waals surface area (Å²) in [4.78, 5) is 13.8. The van der Waals surface area contributed by atoms with Gasteiger partial charge in [0.1, 0.15) is 0 Å². The van der Waals surface area contributed by atoms with Crippen LogP contribution in [0.5, 0.6) is 0 Å². The van der Waals surface area contributed by atoms with Gasteiger partial charge >= 0.3 is 6.09 Å². The summed E-state index contributed by atoms with van der Waals surface area (Å²) in [6, 6.07) is 17.1. The van der Waals surface area contributed by atoms with Crippen molar-refractivity contribution in [1.29, 1.82) is 0 Å². The highest BCUT2D eigenvalue weighted by Crippen LogP contribution is 2.29. The molecule has 7 heteroatoms. The van der Waals surface area contributed by atoms with Gasteiger partial charge in [0.2, 0.25) is 0 Å². The van der Waals surface area contributed by atoms with Crippen LogP contribution in [0.4, 0.5) is 4.79 Å². The van der Waals surface area contributed by atoms with Crippen LogP contribution in [0.1, 0.15) is 21.2 Å². The molecular weight excluding hydrogens is 380 g/mol. The van der Waals surface area contributed by atoms with Crippen LogP contribution >= 0.6 is 22.7 Å². The summed E-state index contributed by atoms with van der Waals surface area (Å²) in [7, 11) is 0. The lowest BCUT2D eigenvalue weighted by Crippen LogP contribution is -2.45. The Hall–Kier alpha value is -2.19. The molecule has 0 saturated carbocycles. The summed E-state index contributed by atoms with van der Waals surface area (Å²) in [6.45, 7) is 1.29. The van der Waals surface area contributed by atoms with E-state index in [2.05, 4.69) is 11.4 Å². The number of thiophene rings is 2. The normalized spacial score (nSPS) is 13.2. The van der Waals surface area contributed by atoms with Crippen molar-refractivity contribution in [1.82, 2.24) is 10.4 Å². The Balaban J connectivity index is 1.81. The predicted octanol–water partition coefficient (Wildman–Crippen LogP) is 4.66. The summed E-state index contributed by atoms with van der Waals surface area (Å²) >= 11 is 3.26.